The SMILES string of the molecule is CCN(c1ccc([N+](=O)[O-])cc1)c1ccnc(Cl)n1. The smallest absolute Gasteiger partial charge is 0.269 e. The van der Waals surface area contributed by atoms with Gasteiger partial charge in [-0.1, -0.05) is 0 Å². The maximum atomic E-state index is 10.6. The van der Waals surface area contributed by atoms with E-state index in [1.807, 2.05) is 11.8 Å². The van der Waals surface area contributed by atoms with Gasteiger partial charge in [0.1, 0.15) is 5.82 Å². The first-order valence-electron chi connectivity index (χ1n) is 5.62. The molecule has 1 aromatic carbocycles. The number of non-ortho nitro benzene ring substituents is 1. The Morgan fingerprint density at radius 2 is 2.00 bits per heavy atom. The van der Waals surface area contributed by atoms with E-state index in [1.165, 1.54) is 12.1 Å². The molecule has 0 saturated carbocycles. The van der Waals surface area contributed by atoms with Crippen LogP contribution in [-0.4, -0.2) is 21.4 Å². The summed E-state index contributed by atoms with van der Waals surface area (Å²) in [5.41, 5.74) is 0.864. The Bertz CT molecular complexity index is 589. The fourth-order valence-corrected chi connectivity index (χ4v) is 1.85. The second kappa shape index (κ2) is 5.62. The molecule has 1 heterocycles. The molecule has 0 radical (unpaired) electrons. The van der Waals surface area contributed by atoms with E-state index >= 15 is 0 Å². The lowest BCUT2D eigenvalue weighted by Gasteiger charge is -2.21. The monoisotopic (exact) mass is 278 g/mol. The molecule has 6 nitrogen and oxygen atoms in total. The number of benzene rings is 1. The summed E-state index contributed by atoms with van der Waals surface area (Å²) in [4.78, 5) is 20.0. The summed E-state index contributed by atoms with van der Waals surface area (Å²) >= 11 is 5.76. The van der Waals surface area contributed by atoms with E-state index in [9.17, 15) is 10.1 Å². The van der Waals surface area contributed by atoms with E-state index in [-0.39, 0.29) is 11.0 Å². The maximum Gasteiger partial charge on any atom is 0.269 e. The highest BCUT2D eigenvalue weighted by Crippen LogP contribution is 2.25. The highest BCUT2D eigenvalue weighted by molar-refractivity contribution is 6.28. The third-order valence-electron chi connectivity index (χ3n) is 2.58. The lowest BCUT2D eigenvalue weighted by atomic mass is 10.2. The molecule has 0 unspecified atom stereocenters. The molecule has 0 aliphatic carbocycles. The predicted octanol–water partition coefficient (Wildman–Crippen LogP) is 3.20. The summed E-state index contributed by atoms with van der Waals surface area (Å²) in [7, 11) is 0. The Morgan fingerprint density at radius 1 is 1.32 bits per heavy atom. The minimum Gasteiger partial charge on any atom is -0.327 e. The molecule has 0 N–H and O–H groups in total. The summed E-state index contributed by atoms with van der Waals surface area (Å²) in [5.74, 6) is 0.649. The predicted molar refractivity (Wildman–Crippen MR) is 72.8 cm³/mol. The topological polar surface area (TPSA) is 72.2 Å². The molecule has 0 fully saturated rings. The van der Waals surface area contributed by atoms with Gasteiger partial charge in [0.25, 0.3) is 5.69 Å². The molecule has 0 spiro atoms. The van der Waals surface area contributed by atoms with Crippen LogP contribution in [0.4, 0.5) is 17.2 Å². The first-order valence-corrected chi connectivity index (χ1v) is 6.00. The minimum atomic E-state index is -0.429. The van der Waals surface area contributed by atoms with Crippen LogP contribution in [0.1, 0.15) is 6.92 Å². The van der Waals surface area contributed by atoms with Crippen molar-refractivity contribution in [2.24, 2.45) is 0 Å². The molecule has 19 heavy (non-hydrogen) atoms. The molecule has 2 rings (SSSR count). The molecule has 2 aromatic rings. The van der Waals surface area contributed by atoms with Gasteiger partial charge in [0.2, 0.25) is 5.28 Å². The zero-order valence-electron chi connectivity index (χ0n) is 10.2. The van der Waals surface area contributed by atoms with Crippen LogP contribution in [0.15, 0.2) is 36.5 Å². The van der Waals surface area contributed by atoms with Gasteiger partial charge >= 0.3 is 0 Å². The normalized spacial score (nSPS) is 10.2. The summed E-state index contributed by atoms with van der Waals surface area (Å²) in [5, 5.41) is 10.8. The van der Waals surface area contributed by atoms with E-state index in [1.54, 1.807) is 24.4 Å². The molecule has 0 atom stereocenters. The van der Waals surface area contributed by atoms with Crippen LogP contribution in [0.3, 0.4) is 0 Å². The van der Waals surface area contributed by atoms with Crippen LogP contribution in [0.2, 0.25) is 5.28 Å². The van der Waals surface area contributed by atoms with Crippen molar-refractivity contribution in [2.45, 2.75) is 6.92 Å². The van der Waals surface area contributed by atoms with Crippen LogP contribution in [0, 0.1) is 10.1 Å². The summed E-state index contributed by atoms with van der Waals surface area (Å²) in [6.07, 6.45) is 1.57. The van der Waals surface area contributed by atoms with Crippen molar-refractivity contribution in [3.05, 3.63) is 51.9 Å². The summed E-state index contributed by atoms with van der Waals surface area (Å²) in [6.45, 7) is 2.61. The van der Waals surface area contributed by atoms with Crippen LogP contribution >= 0.6 is 11.6 Å². The molecule has 0 aliphatic rings. The first-order chi connectivity index (χ1) is 9.11. The van der Waals surface area contributed by atoms with Gasteiger partial charge in [0.05, 0.1) is 4.92 Å². The number of halogens is 1. The van der Waals surface area contributed by atoms with Gasteiger partial charge < -0.3 is 4.90 Å². The zero-order valence-corrected chi connectivity index (χ0v) is 10.9. The summed E-state index contributed by atoms with van der Waals surface area (Å²) in [6, 6.07) is 8.01. The Hall–Kier alpha value is -2.21. The van der Waals surface area contributed by atoms with Gasteiger partial charge in [0.15, 0.2) is 0 Å². The fraction of sp³-hybridized carbons (Fsp3) is 0.167. The zero-order chi connectivity index (χ0) is 13.8. The van der Waals surface area contributed by atoms with Crippen molar-refractivity contribution in [1.29, 1.82) is 0 Å². The third kappa shape index (κ3) is 2.97. The quantitative estimate of drug-likeness (QED) is 0.488. The molecule has 0 aliphatic heterocycles. The minimum absolute atomic E-state index is 0.0560. The number of hydrogen-bond donors (Lipinski definition) is 0. The highest BCUT2D eigenvalue weighted by atomic mass is 35.5. The maximum absolute atomic E-state index is 10.6. The number of hydrogen-bond acceptors (Lipinski definition) is 5. The third-order valence-corrected chi connectivity index (χ3v) is 2.76. The molecule has 0 bridgehead atoms. The largest absolute Gasteiger partial charge is 0.327 e. The van der Waals surface area contributed by atoms with Crippen LogP contribution in [0.5, 0.6) is 0 Å². The van der Waals surface area contributed by atoms with E-state index < -0.39 is 4.92 Å². The van der Waals surface area contributed by atoms with Gasteiger partial charge in [-0.05, 0) is 36.7 Å². The van der Waals surface area contributed by atoms with Gasteiger partial charge in [-0.15, -0.1) is 0 Å². The van der Waals surface area contributed by atoms with E-state index in [2.05, 4.69) is 9.97 Å². The lowest BCUT2D eigenvalue weighted by Crippen LogP contribution is -2.17. The van der Waals surface area contributed by atoms with Crippen molar-refractivity contribution >= 4 is 28.8 Å². The molecule has 0 saturated heterocycles. The Kier molecular flexibility index (Phi) is 3.91. The number of anilines is 2. The van der Waals surface area contributed by atoms with Crippen molar-refractivity contribution in [3.63, 3.8) is 0 Å². The van der Waals surface area contributed by atoms with Crippen molar-refractivity contribution in [1.82, 2.24) is 9.97 Å². The fourth-order valence-electron chi connectivity index (χ4n) is 1.71. The standard InChI is InChI=1S/C12H11ClN4O2/c1-2-16(11-7-8-14-12(13)15-11)9-3-5-10(6-4-9)17(18)19/h3-8H,2H2,1H3. The van der Waals surface area contributed by atoms with Crippen molar-refractivity contribution < 1.29 is 4.92 Å². The van der Waals surface area contributed by atoms with E-state index in [0.717, 1.165) is 5.69 Å². The second-order valence-electron chi connectivity index (χ2n) is 3.70. The van der Waals surface area contributed by atoms with Crippen LogP contribution in [-0.2, 0) is 0 Å². The molecule has 1 aromatic heterocycles. The number of rotatable bonds is 4. The molecular formula is C12H11ClN4O2. The van der Waals surface area contributed by atoms with Gasteiger partial charge in [-0.25, -0.2) is 9.97 Å². The lowest BCUT2D eigenvalue weighted by molar-refractivity contribution is -0.384. The Labute approximate surface area is 114 Å². The Morgan fingerprint density at radius 3 is 2.53 bits per heavy atom. The van der Waals surface area contributed by atoms with Crippen LogP contribution in [0.25, 0.3) is 0 Å². The number of aromatic nitrogens is 2. The highest BCUT2D eigenvalue weighted by Gasteiger charge is 2.11. The van der Waals surface area contributed by atoms with E-state index in [0.29, 0.717) is 12.4 Å². The average molecular weight is 279 g/mol. The summed E-state index contributed by atoms with van der Waals surface area (Å²) < 4.78 is 0. The molecular weight excluding hydrogens is 268 g/mol. The van der Waals surface area contributed by atoms with Crippen molar-refractivity contribution in [2.75, 3.05) is 11.4 Å². The molecule has 7 heteroatoms. The van der Waals surface area contributed by atoms with Crippen LogP contribution < -0.4 is 4.90 Å². The van der Waals surface area contributed by atoms with E-state index in [4.69, 9.17) is 11.6 Å². The number of nitrogens with zero attached hydrogens (tertiary/aromatic N) is 4. The van der Waals surface area contributed by atoms with Gasteiger partial charge in [-0.2, -0.15) is 0 Å². The molecule has 98 valence electrons. The van der Waals surface area contributed by atoms with Gasteiger partial charge in [-0.3, -0.25) is 10.1 Å². The Balaban J connectivity index is 2.34. The average Bonchev–Trinajstić information content (AvgIpc) is 2.40. The van der Waals surface area contributed by atoms with Gasteiger partial charge in [0, 0.05) is 30.6 Å². The van der Waals surface area contributed by atoms with Crippen molar-refractivity contribution in [3.8, 4) is 0 Å². The number of nitro groups is 1. The first kappa shape index (κ1) is 13.2. The second-order valence-corrected chi connectivity index (χ2v) is 4.04. The molecule has 0 amide bonds. The number of nitro benzene ring substituents is 1.